The Bertz CT molecular complexity index is 1340. The van der Waals surface area contributed by atoms with Crippen LogP contribution in [-0.4, -0.2) is 36.0 Å². The zero-order chi connectivity index (χ0) is 27.1. The number of esters is 1. The topological polar surface area (TPSA) is 87.7 Å². The number of urea groups is 1. The molecular weight excluding hydrogens is 485 g/mol. The van der Waals surface area contributed by atoms with Crippen LogP contribution in [0, 0.1) is 5.82 Å². The van der Waals surface area contributed by atoms with E-state index in [1.165, 1.54) is 24.3 Å². The number of hydrogen-bond acceptors (Lipinski definition) is 4. The highest BCUT2D eigenvalue weighted by molar-refractivity contribution is 6.05. The lowest BCUT2D eigenvalue weighted by atomic mass is 9.91. The molecule has 3 aromatic carbocycles. The summed E-state index contributed by atoms with van der Waals surface area (Å²) in [6.45, 7) is 4.38. The molecule has 4 rings (SSSR count). The highest BCUT2D eigenvalue weighted by atomic mass is 19.1. The van der Waals surface area contributed by atoms with Gasteiger partial charge in [0.15, 0.2) is 0 Å². The third kappa shape index (κ3) is 5.91. The first-order valence-electron chi connectivity index (χ1n) is 12.6. The summed E-state index contributed by atoms with van der Waals surface area (Å²) in [6.07, 6.45) is 1.63. The number of ether oxygens (including phenoxy) is 1. The fraction of sp³-hybridized carbons (Fsp3) is 0.233. The molecule has 3 aromatic rings. The molecule has 1 heterocycles. The normalized spacial score (nSPS) is 15.2. The van der Waals surface area contributed by atoms with Gasteiger partial charge in [-0.2, -0.15) is 0 Å². The van der Waals surface area contributed by atoms with Gasteiger partial charge >= 0.3 is 12.0 Å². The van der Waals surface area contributed by atoms with Crippen LogP contribution in [0.3, 0.4) is 0 Å². The maximum absolute atomic E-state index is 13.4. The fourth-order valence-corrected chi connectivity index (χ4v) is 4.37. The Kier molecular flexibility index (Phi) is 8.53. The quantitative estimate of drug-likeness (QED) is 0.347. The van der Waals surface area contributed by atoms with Crippen LogP contribution in [0.5, 0.6) is 0 Å². The van der Waals surface area contributed by atoms with Gasteiger partial charge in [0, 0.05) is 17.8 Å². The monoisotopic (exact) mass is 515 g/mol. The molecule has 3 amide bonds. The first-order chi connectivity index (χ1) is 18.4. The van der Waals surface area contributed by atoms with Gasteiger partial charge in [-0.1, -0.05) is 55.8 Å². The minimum atomic E-state index is -0.808. The molecule has 0 unspecified atom stereocenters. The molecule has 8 heteroatoms. The molecule has 38 heavy (non-hydrogen) atoms. The fourth-order valence-electron chi connectivity index (χ4n) is 4.37. The predicted molar refractivity (Wildman–Crippen MR) is 144 cm³/mol. The smallest absolute Gasteiger partial charge is 0.338 e. The second-order valence-electron chi connectivity index (χ2n) is 8.82. The lowest BCUT2D eigenvalue weighted by molar-refractivity contribution is -0.138. The van der Waals surface area contributed by atoms with Crippen molar-refractivity contribution < 1.29 is 23.5 Å². The number of benzene rings is 3. The van der Waals surface area contributed by atoms with Crippen molar-refractivity contribution in [3.63, 3.8) is 0 Å². The second-order valence-corrected chi connectivity index (χ2v) is 8.82. The van der Waals surface area contributed by atoms with E-state index in [9.17, 15) is 18.8 Å². The van der Waals surface area contributed by atoms with Crippen molar-refractivity contribution in [3.05, 3.63) is 107 Å². The Morgan fingerprint density at radius 1 is 1.00 bits per heavy atom. The number of carbonyl (C=O) groups is 3. The van der Waals surface area contributed by atoms with E-state index < -0.39 is 23.7 Å². The number of anilines is 1. The Morgan fingerprint density at radius 2 is 1.74 bits per heavy atom. The Morgan fingerprint density at radius 3 is 2.42 bits per heavy atom. The van der Waals surface area contributed by atoms with Crippen LogP contribution in [0.15, 0.2) is 84.4 Å². The molecule has 0 spiro atoms. The van der Waals surface area contributed by atoms with Crippen LogP contribution in [0.2, 0.25) is 0 Å². The van der Waals surface area contributed by atoms with Crippen LogP contribution in [0.4, 0.5) is 14.9 Å². The van der Waals surface area contributed by atoms with E-state index in [1.807, 2.05) is 37.3 Å². The van der Waals surface area contributed by atoms with Gasteiger partial charge in [0.05, 0.1) is 23.9 Å². The zero-order valence-electron chi connectivity index (χ0n) is 21.4. The predicted octanol–water partition coefficient (Wildman–Crippen LogP) is 5.92. The Labute approximate surface area is 221 Å². The summed E-state index contributed by atoms with van der Waals surface area (Å²) < 4.78 is 18.7. The third-order valence-electron chi connectivity index (χ3n) is 6.19. The summed E-state index contributed by atoms with van der Waals surface area (Å²) >= 11 is 0. The maximum Gasteiger partial charge on any atom is 0.338 e. The molecule has 1 aliphatic heterocycles. The SMILES string of the molecule is CCCCN1C(=O)N[C@@H](c2cccc(NC(=O)c3ccc(F)cc3)c2)C(C(=O)OCC)=C1c1ccccc1. The molecule has 196 valence electrons. The van der Waals surface area contributed by atoms with Gasteiger partial charge in [0.25, 0.3) is 5.91 Å². The first kappa shape index (κ1) is 26.6. The molecule has 0 aromatic heterocycles. The zero-order valence-corrected chi connectivity index (χ0v) is 21.4. The van der Waals surface area contributed by atoms with Crippen LogP contribution in [0.1, 0.15) is 54.2 Å². The van der Waals surface area contributed by atoms with Crippen molar-refractivity contribution >= 4 is 29.3 Å². The molecule has 0 saturated carbocycles. The summed E-state index contributed by atoms with van der Waals surface area (Å²) in [5.74, 6) is -1.37. The number of carbonyl (C=O) groups excluding carboxylic acids is 3. The first-order valence-corrected chi connectivity index (χ1v) is 12.6. The highest BCUT2D eigenvalue weighted by Gasteiger charge is 2.38. The molecule has 2 N–H and O–H groups in total. The summed E-state index contributed by atoms with van der Waals surface area (Å²) in [5, 5.41) is 5.77. The number of nitrogens with one attached hydrogen (secondary N) is 2. The molecule has 0 saturated heterocycles. The summed E-state index contributed by atoms with van der Waals surface area (Å²) in [4.78, 5) is 41.1. The molecule has 1 atom stereocenters. The molecule has 1 aliphatic rings. The van der Waals surface area contributed by atoms with Crippen molar-refractivity contribution in [2.75, 3.05) is 18.5 Å². The van der Waals surface area contributed by atoms with Crippen molar-refractivity contribution in [1.29, 1.82) is 0 Å². The van der Waals surface area contributed by atoms with Crippen LogP contribution < -0.4 is 10.6 Å². The Balaban J connectivity index is 1.78. The molecule has 7 nitrogen and oxygen atoms in total. The van der Waals surface area contributed by atoms with E-state index >= 15 is 0 Å². The van der Waals surface area contributed by atoms with E-state index in [-0.39, 0.29) is 12.6 Å². The van der Waals surface area contributed by atoms with Crippen LogP contribution >= 0.6 is 0 Å². The molecular formula is C30H30FN3O4. The highest BCUT2D eigenvalue weighted by Crippen LogP contribution is 2.37. The van der Waals surface area contributed by atoms with Gasteiger partial charge in [-0.15, -0.1) is 0 Å². The van der Waals surface area contributed by atoms with Crippen LogP contribution in [-0.2, 0) is 9.53 Å². The van der Waals surface area contributed by atoms with Gasteiger partial charge in [-0.25, -0.2) is 14.0 Å². The van der Waals surface area contributed by atoms with Crippen LogP contribution in [0.25, 0.3) is 5.70 Å². The molecule has 0 fully saturated rings. The van der Waals surface area contributed by atoms with Crippen molar-refractivity contribution in [1.82, 2.24) is 10.2 Å². The largest absolute Gasteiger partial charge is 0.463 e. The lowest BCUT2D eigenvalue weighted by Gasteiger charge is -2.37. The molecule has 0 radical (unpaired) electrons. The van der Waals surface area contributed by atoms with E-state index in [4.69, 9.17) is 4.74 Å². The number of nitrogens with zero attached hydrogens (tertiary/aromatic N) is 1. The van der Waals surface area contributed by atoms with Crippen molar-refractivity contribution in [2.45, 2.75) is 32.7 Å². The number of unbranched alkanes of at least 4 members (excludes halogenated alkanes) is 1. The summed E-state index contributed by atoms with van der Waals surface area (Å²) in [6, 6.07) is 20.3. The summed E-state index contributed by atoms with van der Waals surface area (Å²) in [5.41, 5.74) is 2.91. The number of rotatable bonds is 9. The molecule has 0 bridgehead atoms. The Hall–Kier alpha value is -4.46. The maximum atomic E-state index is 13.4. The lowest BCUT2D eigenvalue weighted by Crippen LogP contribution is -2.48. The average molecular weight is 516 g/mol. The van der Waals surface area contributed by atoms with E-state index in [1.54, 1.807) is 36.1 Å². The van der Waals surface area contributed by atoms with E-state index in [0.717, 1.165) is 18.4 Å². The van der Waals surface area contributed by atoms with Crippen molar-refractivity contribution in [3.8, 4) is 0 Å². The second kappa shape index (κ2) is 12.2. The van der Waals surface area contributed by atoms with Gasteiger partial charge in [0.1, 0.15) is 5.82 Å². The minimum absolute atomic E-state index is 0.174. The minimum Gasteiger partial charge on any atom is -0.463 e. The van der Waals surface area contributed by atoms with E-state index in [2.05, 4.69) is 10.6 Å². The van der Waals surface area contributed by atoms with Gasteiger partial charge < -0.3 is 15.4 Å². The van der Waals surface area contributed by atoms with E-state index in [0.29, 0.717) is 34.6 Å². The number of hydrogen-bond donors (Lipinski definition) is 2. The third-order valence-corrected chi connectivity index (χ3v) is 6.19. The standard InChI is InChI=1S/C30H30FN3O4/c1-3-5-18-34-27(20-10-7-6-8-11-20)25(29(36)38-4-2)26(33-30(34)37)22-12-9-13-24(19-22)32-28(35)21-14-16-23(31)17-15-21/h6-17,19,26H,3-5,18H2,1-2H3,(H,32,35)(H,33,37)/t26-/m0/s1. The van der Waals surface area contributed by atoms with Crippen molar-refractivity contribution in [2.24, 2.45) is 0 Å². The van der Waals surface area contributed by atoms with Gasteiger partial charge in [0.2, 0.25) is 0 Å². The summed E-state index contributed by atoms with van der Waals surface area (Å²) in [7, 11) is 0. The number of halogens is 1. The van der Waals surface area contributed by atoms with Gasteiger partial charge in [-0.3, -0.25) is 9.69 Å². The number of amides is 3. The average Bonchev–Trinajstić information content (AvgIpc) is 2.93. The van der Waals surface area contributed by atoms with Gasteiger partial charge in [-0.05, 0) is 60.9 Å². The molecule has 0 aliphatic carbocycles.